The van der Waals surface area contributed by atoms with Crippen molar-refractivity contribution in [1.29, 1.82) is 5.26 Å². The van der Waals surface area contributed by atoms with Crippen molar-refractivity contribution in [3.05, 3.63) is 0 Å². The van der Waals surface area contributed by atoms with Gasteiger partial charge in [0.2, 0.25) is 0 Å². The minimum Gasteiger partial charge on any atom is -0.323 e. The highest BCUT2D eigenvalue weighted by atomic mass is 14.7. The van der Waals surface area contributed by atoms with Crippen LogP contribution in [0.3, 0.4) is 0 Å². The van der Waals surface area contributed by atoms with Gasteiger partial charge in [-0.05, 0) is 14.1 Å². The molecule has 2 nitrogen and oxygen atoms in total. The van der Waals surface area contributed by atoms with Crippen LogP contribution in [0.4, 0.5) is 0 Å². The van der Waals surface area contributed by atoms with E-state index in [0.717, 1.165) is 0 Å². The third-order valence-electron chi connectivity index (χ3n) is 0.158. The largest absolute Gasteiger partial charge is 0.323 e. The zero-order valence-electron chi connectivity index (χ0n) is 5.15. The Morgan fingerprint density at radius 2 is 1.71 bits per heavy atom. The van der Waals surface area contributed by atoms with E-state index in [1.165, 1.54) is 0 Å². The highest BCUT2D eigenvalue weighted by Crippen LogP contribution is 1.58. The summed E-state index contributed by atoms with van der Waals surface area (Å²) in [7, 11) is 3.75. The summed E-state index contributed by atoms with van der Waals surface area (Å²) in [5.74, 6) is 0. The van der Waals surface area contributed by atoms with E-state index in [4.69, 9.17) is 5.26 Å². The Labute approximate surface area is 45.1 Å². The van der Waals surface area contributed by atoms with Crippen molar-refractivity contribution >= 4 is 0 Å². The van der Waals surface area contributed by atoms with Crippen LogP contribution in [-0.4, -0.2) is 14.1 Å². The van der Waals surface area contributed by atoms with Crippen molar-refractivity contribution in [2.45, 2.75) is 13.3 Å². The van der Waals surface area contributed by atoms with Crippen LogP contribution in [0.25, 0.3) is 0 Å². The standard InChI is InChI=1S/C3H5N.C2H7N/c1-2-3-4;1-3-2/h2H2,1H3;3H,1-2H3. The fourth-order valence-corrected chi connectivity index (χ4v) is 0. The second kappa shape index (κ2) is 18.0. The molecule has 0 aliphatic carbocycles. The molecule has 0 atom stereocenters. The van der Waals surface area contributed by atoms with E-state index in [0.29, 0.717) is 6.42 Å². The summed E-state index contributed by atoms with van der Waals surface area (Å²) >= 11 is 0. The van der Waals surface area contributed by atoms with Crippen LogP contribution >= 0.6 is 0 Å². The van der Waals surface area contributed by atoms with E-state index < -0.39 is 0 Å². The number of rotatable bonds is 0. The molecule has 0 radical (unpaired) electrons. The minimum atomic E-state index is 0.625. The summed E-state index contributed by atoms with van der Waals surface area (Å²) in [6.45, 7) is 1.82. The average molecular weight is 100 g/mol. The topological polar surface area (TPSA) is 35.8 Å². The maximum absolute atomic E-state index is 7.62. The zero-order chi connectivity index (χ0) is 6.12. The van der Waals surface area contributed by atoms with Crippen molar-refractivity contribution < 1.29 is 0 Å². The van der Waals surface area contributed by atoms with Gasteiger partial charge in [0.25, 0.3) is 0 Å². The lowest BCUT2D eigenvalue weighted by Crippen LogP contribution is -1.89. The SMILES string of the molecule is CCC#N.CNC. The van der Waals surface area contributed by atoms with Crippen molar-refractivity contribution in [2.24, 2.45) is 0 Å². The first-order valence-electron chi connectivity index (χ1n) is 2.28. The third-order valence-corrected chi connectivity index (χ3v) is 0.158. The lowest BCUT2D eigenvalue weighted by Gasteiger charge is -1.59. The molecule has 0 amide bonds. The van der Waals surface area contributed by atoms with Crippen LogP contribution in [0.5, 0.6) is 0 Å². The Hall–Kier alpha value is -0.550. The maximum atomic E-state index is 7.62. The van der Waals surface area contributed by atoms with Crippen LogP contribution in [0.15, 0.2) is 0 Å². The highest BCUT2D eigenvalue weighted by molar-refractivity contribution is 4.61. The highest BCUT2D eigenvalue weighted by Gasteiger charge is 1.49. The molecule has 2 heteroatoms. The summed E-state index contributed by atoms with van der Waals surface area (Å²) < 4.78 is 0. The monoisotopic (exact) mass is 100 g/mol. The molecule has 0 spiro atoms. The summed E-state index contributed by atoms with van der Waals surface area (Å²) in [4.78, 5) is 0. The Balaban J connectivity index is 0. The molecular weight excluding hydrogens is 88.1 g/mol. The molecule has 1 N–H and O–H groups in total. The average Bonchev–Trinajstić information content (AvgIpc) is 1.69. The number of nitriles is 1. The van der Waals surface area contributed by atoms with Gasteiger partial charge in [0.05, 0.1) is 6.07 Å². The van der Waals surface area contributed by atoms with E-state index >= 15 is 0 Å². The number of nitrogens with one attached hydrogen (secondary N) is 1. The van der Waals surface area contributed by atoms with Gasteiger partial charge in [-0.25, -0.2) is 0 Å². The molecule has 0 aromatic rings. The second-order valence-corrected chi connectivity index (χ2v) is 1.01. The van der Waals surface area contributed by atoms with Crippen LogP contribution < -0.4 is 5.32 Å². The van der Waals surface area contributed by atoms with E-state index in [1.807, 2.05) is 27.1 Å². The number of hydrogen-bond acceptors (Lipinski definition) is 2. The third kappa shape index (κ3) is 320. The molecule has 0 aliphatic rings. The summed E-state index contributed by atoms with van der Waals surface area (Å²) in [5, 5.41) is 10.4. The Kier molecular flexibility index (Phi) is 24.8. The van der Waals surface area contributed by atoms with Crippen molar-refractivity contribution in [3.8, 4) is 6.07 Å². The Morgan fingerprint density at radius 1 is 1.57 bits per heavy atom. The summed E-state index contributed by atoms with van der Waals surface area (Å²) in [6.07, 6.45) is 0.625. The Morgan fingerprint density at radius 3 is 1.71 bits per heavy atom. The fraction of sp³-hybridized carbons (Fsp3) is 0.800. The van der Waals surface area contributed by atoms with Gasteiger partial charge < -0.3 is 5.32 Å². The first-order valence-corrected chi connectivity index (χ1v) is 2.28. The van der Waals surface area contributed by atoms with Crippen molar-refractivity contribution in [3.63, 3.8) is 0 Å². The molecule has 0 saturated heterocycles. The summed E-state index contributed by atoms with van der Waals surface area (Å²) in [5.41, 5.74) is 0. The van der Waals surface area contributed by atoms with E-state index in [-0.39, 0.29) is 0 Å². The first kappa shape index (κ1) is 9.67. The van der Waals surface area contributed by atoms with Gasteiger partial charge in [-0.1, -0.05) is 6.92 Å². The van der Waals surface area contributed by atoms with Crippen LogP contribution in [0.2, 0.25) is 0 Å². The zero-order valence-corrected chi connectivity index (χ0v) is 5.15. The summed E-state index contributed by atoms with van der Waals surface area (Å²) in [6, 6.07) is 1.93. The van der Waals surface area contributed by atoms with E-state index in [9.17, 15) is 0 Å². The van der Waals surface area contributed by atoms with Crippen LogP contribution in [-0.2, 0) is 0 Å². The van der Waals surface area contributed by atoms with Crippen LogP contribution in [0.1, 0.15) is 13.3 Å². The molecule has 42 valence electrons. The lowest BCUT2D eigenvalue weighted by molar-refractivity contribution is 1.02. The van der Waals surface area contributed by atoms with Crippen LogP contribution in [0, 0.1) is 11.3 Å². The second-order valence-electron chi connectivity index (χ2n) is 1.01. The molecule has 0 rings (SSSR count). The van der Waals surface area contributed by atoms with Gasteiger partial charge in [-0.2, -0.15) is 5.26 Å². The molecule has 0 saturated carbocycles. The van der Waals surface area contributed by atoms with Gasteiger partial charge in [0.15, 0.2) is 0 Å². The van der Waals surface area contributed by atoms with Gasteiger partial charge in [-0.15, -0.1) is 0 Å². The quantitative estimate of drug-likeness (QED) is 0.487. The molecule has 0 aliphatic heterocycles. The molecule has 0 heterocycles. The molecule has 0 fully saturated rings. The predicted octanol–water partition coefficient (Wildman–Crippen LogP) is 0.756. The molecule has 0 unspecified atom stereocenters. The fourth-order valence-electron chi connectivity index (χ4n) is 0. The minimum absolute atomic E-state index is 0.625. The van der Waals surface area contributed by atoms with Gasteiger partial charge in [0, 0.05) is 6.42 Å². The van der Waals surface area contributed by atoms with E-state index in [2.05, 4.69) is 5.32 Å². The van der Waals surface area contributed by atoms with E-state index in [1.54, 1.807) is 0 Å². The molecule has 0 bridgehead atoms. The first-order chi connectivity index (χ1) is 3.33. The number of hydrogen-bond donors (Lipinski definition) is 1. The van der Waals surface area contributed by atoms with Crippen molar-refractivity contribution in [2.75, 3.05) is 14.1 Å². The smallest absolute Gasteiger partial charge is 0.0618 e. The molecule has 0 aromatic heterocycles. The van der Waals surface area contributed by atoms with Gasteiger partial charge in [0.1, 0.15) is 0 Å². The Bertz CT molecular complexity index is 44.5. The number of nitrogens with zero attached hydrogens (tertiary/aromatic N) is 1. The predicted molar refractivity (Wildman–Crippen MR) is 30.9 cm³/mol. The van der Waals surface area contributed by atoms with Gasteiger partial charge in [-0.3, -0.25) is 0 Å². The normalized spacial score (nSPS) is 5.43. The maximum Gasteiger partial charge on any atom is 0.0618 e. The van der Waals surface area contributed by atoms with Gasteiger partial charge >= 0.3 is 0 Å². The molecular formula is C5H12N2. The molecule has 7 heavy (non-hydrogen) atoms. The van der Waals surface area contributed by atoms with Crippen molar-refractivity contribution in [1.82, 2.24) is 5.32 Å². The molecule has 0 aromatic carbocycles. The lowest BCUT2D eigenvalue weighted by atomic mass is 10.6.